The molecule has 2 aromatic carbocycles. The van der Waals surface area contributed by atoms with Crippen LogP contribution in [0.1, 0.15) is 12.8 Å². The molecule has 2 heterocycles. The van der Waals surface area contributed by atoms with E-state index in [1.807, 2.05) is 24.3 Å². The molecule has 1 aromatic heterocycles. The highest BCUT2D eigenvalue weighted by Crippen LogP contribution is 2.27. The average molecular weight is 383 g/mol. The summed E-state index contributed by atoms with van der Waals surface area (Å²) in [6.45, 7) is 1.71. The Morgan fingerprint density at radius 1 is 1.04 bits per heavy atom. The number of ether oxygens (including phenoxy) is 1. The number of benzene rings is 2. The fraction of sp³-hybridized carbons (Fsp3) is 0.250. The summed E-state index contributed by atoms with van der Waals surface area (Å²) in [5.74, 6) is 1.49. The topological polar surface area (TPSA) is 67.3 Å². The monoisotopic (exact) mass is 382 g/mol. The van der Waals surface area contributed by atoms with Crippen molar-refractivity contribution in [1.29, 1.82) is 0 Å². The van der Waals surface area contributed by atoms with Gasteiger partial charge in [-0.3, -0.25) is 4.79 Å². The summed E-state index contributed by atoms with van der Waals surface area (Å²) in [4.78, 5) is 23.9. The van der Waals surface area contributed by atoms with Crippen molar-refractivity contribution in [3.05, 3.63) is 53.6 Å². The van der Waals surface area contributed by atoms with Crippen molar-refractivity contribution in [2.45, 2.75) is 12.8 Å². The molecular weight excluding hydrogens is 364 g/mol. The Balaban J connectivity index is 1.53. The summed E-state index contributed by atoms with van der Waals surface area (Å²) in [6, 6.07) is 14.5. The van der Waals surface area contributed by atoms with Gasteiger partial charge in [0, 0.05) is 18.1 Å². The maximum Gasteiger partial charge on any atom is 0.263 e. The van der Waals surface area contributed by atoms with E-state index in [0.717, 1.165) is 37.0 Å². The molecule has 0 radical (unpaired) electrons. The zero-order chi connectivity index (χ0) is 18.6. The predicted octanol–water partition coefficient (Wildman–Crippen LogP) is 3.90. The third-order valence-corrected chi connectivity index (χ3v) is 4.65. The summed E-state index contributed by atoms with van der Waals surface area (Å²) in [5, 5.41) is 3.47. The minimum absolute atomic E-state index is 0.115. The van der Waals surface area contributed by atoms with Gasteiger partial charge in [0.15, 0.2) is 18.2 Å². The first-order valence-electron chi connectivity index (χ1n) is 8.89. The second-order valence-corrected chi connectivity index (χ2v) is 6.81. The molecule has 7 heteroatoms. The van der Waals surface area contributed by atoms with Crippen LogP contribution in [-0.2, 0) is 4.79 Å². The summed E-state index contributed by atoms with van der Waals surface area (Å²) in [5.41, 5.74) is 1.56. The SMILES string of the molecule is O=C(COc1ccc(Cl)cc1)Nc1nc2ccccc2nc1N1CCCC1. The number of rotatable bonds is 5. The first-order valence-corrected chi connectivity index (χ1v) is 9.27. The lowest BCUT2D eigenvalue weighted by Crippen LogP contribution is -2.25. The molecule has 1 saturated heterocycles. The quantitative estimate of drug-likeness (QED) is 0.724. The first-order chi connectivity index (χ1) is 13.2. The number of hydrogen-bond donors (Lipinski definition) is 1. The Morgan fingerprint density at radius 3 is 2.41 bits per heavy atom. The third kappa shape index (κ3) is 4.11. The molecule has 4 rings (SSSR count). The molecule has 6 nitrogen and oxygen atoms in total. The van der Waals surface area contributed by atoms with Crippen molar-refractivity contribution < 1.29 is 9.53 Å². The minimum Gasteiger partial charge on any atom is -0.484 e. The van der Waals surface area contributed by atoms with Gasteiger partial charge in [0.05, 0.1) is 11.0 Å². The molecule has 1 N–H and O–H groups in total. The molecule has 1 aliphatic rings. The molecule has 0 saturated carbocycles. The summed E-state index contributed by atoms with van der Waals surface area (Å²) >= 11 is 5.85. The van der Waals surface area contributed by atoms with Gasteiger partial charge in [-0.2, -0.15) is 0 Å². The second kappa shape index (κ2) is 7.80. The molecule has 0 spiro atoms. The van der Waals surface area contributed by atoms with Crippen molar-refractivity contribution in [1.82, 2.24) is 9.97 Å². The number of amides is 1. The van der Waals surface area contributed by atoms with E-state index in [-0.39, 0.29) is 12.5 Å². The van der Waals surface area contributed by atoms with E-state index < -0.39 is 0 Å². The molecule has 0 bridgehead atoms. The van der Waals surface area contributed by atoms with E-state index in [1.165, 1.54) is 0 Å². The highest BCUT2D eigenvalue weighted by molar-refractivity contribution is 6.30. The average Bonchev–Trinajstić information content (AvgIpc) is 3.21. The Labute approximate surface area is 162 Å². The molecular formula is C20H19ClN4O2. The molecule has 1 amide bonds. The van der Waals surface area contributed by atoms with E-state index in [4.69, 9.17) is 21.3 Å². The predicted molar refractivity (Wildman–Crippen MR) is 107 cm³/mol. The van der Waals surface area contributed by atoms with E-state index >= 15 is 0 Å². The Bertz CT molecular complexity index is 956. The van der Waals surface area contributed by atoms with E-state index in [0.29, 0.717) is 22.4 Å². The lowest BCUT2D eigenvalue weighted by molar-refractivity contribution is -0.118. The van der Waals surface area contributed by atoms with Crippen molar-refractivity contribution in [2.75, 3.05) is 29.9 Å². The number of nitrogens with zero attached hydrogens (tertiary/aromatic N) is 3. The van der Waals surface area contributed by atoms with Crippen LogP contribution < -0.4 is 15.0 Å². The maximum absolute atomic E-state index is 12.4. The number of nitrogens with one attached hydrogen (secondary N) is 1. The zero-order valence-electron chi connectivity index (χ0n) is 14.7. The van der Waals surface area contributed by atoms with E-state index in [2.05, 4.69) is 15.2 Å². The van der Waals surface area contributed by atoms with Crippen LogP contribution in [0.2, 0.25) is 5.02 Å². The maximum atomic E-state index is 12.4. The molecule has 0 atom stereocenters. The normalized spacial score (nSPS) is 13.7. The van der Waals surface area contributed by atoms with Crippen LogP contribution in [0.25, 0.3) is 11.0 Å². The zero-order valence-corrected chi connectivity index (χ0v) is 15.4. The van der Waals surface area contributed by atoms with Crippen molar-refractivity contribution in [3.8, 4) is 5.75 Å². The molecule has 1 fully saturated rings. The summed E-state index contributed by atoms with van der Waals surface area (Å²) < 4.78 is 5.52. The fourth-order valence-corrected chi connectivity index (χ4v) is 3.20. The van der Waals surface area contributed by atoms with Gasteiger partial charge in [0.25, 0.3) is 5.91 Å². The Kier molecular flexibility index (Phi) is 5.07. The van der Waals surface area contributed by atoms with E-state index in [1.54, 1.807) is 24.3 Å². The van der Waals surface area contributed by atoms with E-state index in [9.17, 15) is 4.79 Å². The largest absolute Gasteiger partial charge is 0.484 e. The molecule has 0 aliphatic carbocycles. The number of hydrogen-bond acceptors (Lipinski definition) is 5. The third-order valence-electron chi connectivity index (χ3n) is 4.40. The van der Waals surface area contributed by atoms with Gasteiger partial charge in [0.2, 0.25) is 0 Å². The first kappa shape index (κ1) is 17.5. The number of halogens is 1. The summed E-state index contributed by atoms with van der Waals surface area (Å²) in [6.07, 6.45) is 2.23. The Hall–Kier alpha value is -2.86. The van der Waals surface area contributed by atoms with Crippen LogP contribution >= 0.6 is 11.6 Å². The fourth-order valence-electron chi connectivity index (χ4n) is 3.07. The second-order valence-electron chi connectivity index (χ2n) is 6.37. The standard InChI is InChI=1S/C20H19ClN4O2/c21-14-7-9-15(10-8-14)27-13-18(26)24-19-20(25-11-3-4-12-25)23-17-6-2-1-5-16(17)22-19/h1-2,5-10H,3-4,11-13H2,(H,22,24,26). The van der Waals surface area contributed by atoms with Crippen LogP contribution in [0, 0.1) is 0 Å². The summed E-state index contributed by atoms with van der Waals surface area (Å²) in [7, 11) is 0. The Morgan fingerprint density at radius 2 is 1.70 bits per heavy atom. The van der Waals surface area contributed by atoms with Crippen LogP contribution in [-0.4, -0.2) is 35.6 Å². The lowest BCUT2D eigenvalue weighted by atomic mass is 10.3. The van der Waals surface area contributed by atoms with Crippen molar-refractivity contribution >= 4 is 40.2 Å². The number of carbonyl (C=O) groups excluding carboxylic acids is 1. The van der Waals surface area contributed by atoms with Gasteiger partial charge in [0.1, 0.15) is 5.75 Å². The lowest BCUT2D eigenvalue weighted by Gasteiger charge is -2.20. The highest BCUT2D eigenvalue weighted by Gasteiger charge is 2.20. The number of aromatic nitrogens is 2. The van der Waals surface area contributed by atoms with Gasteiger partial charge in [-0.05, 0) is 49.2 Å². The molecule has 27 heavy (non-hydrogen) atoms. The van der Waals surface area contributed by atoms with Crippen LogP contribution in [0.3, 0.4) is 0 Å². The number of fused-ring (bicyclic) bond motifs is 1. The van der Waals surface area contributed by atoms with Crippen molar-refractivity contribution in [2.24, 2.45) is 0 Å². The van der Waals surface area contributed by atoms with Crippen LogP contribution in [0.5, 0.6) is 5.75 Å². The molecule has 138 valence electrons. The molecule has 3 aromatic rings. The van der Waals surface area contributed by atoms with Gasteiger partial charge >= 0.3 is 0 Å². The number of anilines is 2. The van der Waals surface area contributed by atoms with Crippen LogP contribution in [0.4, 0.5) is 11.6 Å². The highest BCUT2D eigenvalue weighted by atomic mass is 35.5. The minimum atomic E-state index is -0.282. The number of carbonyl (C=O) groups is 1. The van der Waals surface area contributed by atoms with Crippen LogP contribution in [0.15, 0.2) is 48.5 Å². The van der Waals surface area contributed by atoms with Crippen molar-refractivity contribution in [3.63, 3.8) is 0 Å². The van der Waals surface area contributed by atoms with Gasteiger partial charge in [-0.15, -0.1) is 0 Å². The number of para-hydroxylation sites is 2. The van der Waals surface area contributed by atoms with Gasteiger partial charge in [-0.1, -0.05) is 23.7 Å². The molecule has 1 aliphatic heterocycles. The molecule has 0 unspecified atom stereocenters. The smallest absolute Gasteiger partial charge is 0.263 e. The van der Waals surface area contributed by atoms with Gasteiger partial charge in [-0.25, -0.2) is 9.97 Å². The van der Waals surface area contributed by atoms with Gasteiger partial charge < -0.3 is 15.0 Å².